The first-order valence-electron chi connectivity index (χ1n) is 6.95. The third-order valence-corrected chi connectivity index (χ3v) is 3.21. The van der Waals surface area contributed by atoms with Crippen molar-refractivity contribution in [3.05, 3.63) is 83.9 Å². The second kappa shape index (κ2) is 6.51. The average molecular weight is 286 g/mol. The second-order valence-corrected chi connectivity index (χ2v) is 4.84. The zero-order valence-electron chi connectivity index (χ0n) is 11.9. The molecule has 1 aromatic carbocycles. The van der Waals surface area contributed by atoms with Crippen LogP contribution in [0.1, 0.15) is 16.8 Å². The van der Waals surface area contributed by atoms with Gasteiger partial charge in [-0.2, -0.15) is 10.4 Å². The van der Waals surface area contributed by atoms with Crippen LogP contribution in [0.5, 0.6) is 0 Å². The summed E-state index contributed by atoms with van der Waals surface area (Å²) in [6, 6.07) is 17.8. The Kier molecular flexibility index (Phi) is 4.08. The van der Waals surface area contributed by atoms with Crippen LogP contribution in [0.3, 0.4) is 0 Å². The zero-order valence-corrected chi connectivity index (χ0v) is 11.9. The van der Waals surface area contributed by atoms with Crippen LogP contribution in [0.2, 0.25) is 0 Å². The SMILES string of the molecule is N#CC(=Cc1cnn(Cc2ccccc2)c1)c1ccccn1. The number of hydrogen-bond donors (Lipinski definition) is 0. The number of nitrogens with zero attached hydrogens (tertiary/aromatic N) is 4. The Morgan fingerprint density at radius 3 is 2.68 bits per heavy atom. The smallest absolute Gasteiger partial charge is 0.101 e. The number of benzene rings is 1. The fraction of sp³-hybridized carbons (Fsp3) is 0.0556. The molecule has 0 N–H and O–H groups in total. The Bertz CT molecular complexity index is 811. The Morgan fingerprint density at radius 1 is 1.14 bits per heavy atom. The number of nitriles is 1. The molecule has 0 saturated heterocycles. The van der Waals surface area contributed by atoms with Gasteiger partial charge < -0.3 is 0 Å². The molecule has 22 heavy (non-hydrogen) atoms. The Morgan fingerprint density at radius 2 is 1.95 bits per heavy atom. The molecule has 3 aromatic rings. The first-order chi connectivity index (χ1) is 10.8. The quantitative estimate of drug-likeness (QED) is 0.691. The molecular weight excluding hydrogens is 272 g/mol. The number of allylic oxidation sites excluding steroid dienone is 1. The minimum Gasteiger partial charge on any atom is -0.268 e. The highest BCUT2D eigenvalue weighted by molar-refractivity contribution is 5.87. The number of hydrogen-bond acceptors (Lipinski definition) is 3. The molecule has 0 aliphatic rings. The predicted molar refractivity (Wildman–Crippen MR) is 85.5 cm³/mol. The molecule has 4 heteroatoms. The monoisotopic (exact) mass is 286 g/mol. The summed E-state index contributed by atoms with van der Waals surface area (Å²) in [7, 11) is 0. The molecule has 0 saturated carbocycles. The summed E-state index contributed by atoms with van der Waals surface area (Å²) in [5, 5.41) is 13.6. The molecule has 0 amide bonds. The van der Waals surface area contributed by atoms with Crippen molar-refractivity contribution in [2.75, 3.05) is 0 Å². The van der Waals surface area contributed by atoms with E-state index in [1.807, 2.05) is 47.3 Å². The van der Waals surface area contributed by atoms with Gasteiger partial charge in [0.1, 0.15) is 6.07 Å². The number of pyridine rings is 1. The van der Waals surface area contributed by atoms with E-state index in [1.54, 1.807) is 18.5 Å². The lowest BCUT2D eigenvalue weighted by molar-refractivity contribution is 0.687. The van der Waals surface area contributed by atoms with Crippen LogP contribution in [-0.2, 0) is 6.54 Å². The molecular formula is C18H14N4. The molecule has 0 aliphatic carbocycles. The molecule has 0 spiro atoms. The van der Waals surface area contributed by atoms with E-state index in [0.717, 1.165) is 5.56 Å². The fourth-order valence-corrected chi connectivity index (χ4v) is 2.16. The van der Waals surface area contributed by atoms with E-state index < -0.39 is 0 Å². The summed E-state index contributed by atoms with van der Waals surface area (Å²) in [6.45, 7) is 0.708. The van der Waals surface area contributed by atoms with Gasteiger partial charge in [-0.15, -0.1) is 0 Å². The molecule has 2 heterocycles. The van der Waals surface area contributed by atoms with Crippen LogP contribution in [0, 0.1) is 11.3 Å². The maximum atomic E-state index is 9.30. The molecule has 0 bridgehead atoms. The lowest BCUT2D eigenvalue weighted by atomic mass is 10.1. The Labute approximate surface area is 129 Å². The normalized spacial score (nSPS) is 11.1. The van der Waals surface area contributed by atoms with Gasteiger partial charge in [-0.1, -0.05) is 36.4 Å². The number of rotatable bonds is 4. The fourth-order valence-electron chi connectivity index (χ4n) is 2.16. The summed E-state index contributed by atoms with van der Waals surface area (Å²) in [4.78, 5) is 4.20. The van der Waals surface area contributed by atoms with Gasteiger partial charge in [0.15, 0.2) is 0 Å². The van der Waals surface area contributed by atoms with Crippen molar-refractivity contribution >= 4 is 11.6 Å². The molecule has 4 nitrogen and oxygen atoms in total. The maximum absolute atomic E-state index is 9.30. The molecule has 0 aliphatic heterocycles. The summed E-state index contributed by atoms with van der Waals surface area (Å²) in [5.41, 5.74) is 3.27. The lowest BCUT2D eigenvalue weighted by Crippen LogP contribution is -1.99. The van der Waals surface area contributed by atoms with Gasteiger partial charge in [0.25, 0.3) is 0 Å². The molecule has 2 aromatic heterocycles. The third-order valence-electron chi connectivity index (χ3n) is 3.21. The van der Waals surface area contributed by atoms with Crippen molar-refractivity contribution in [3.8, 4) is 6.07 Å². The molecule has 0 radical (unpaired) electrons. The van der Waals surface area contributed by atoms with Crippen LogP contribution < -0.4 is 0 Å². The van der Waals surface area contributed by atoms with Crippen LogP contribution >= 0.6 is 0 Å². The highest BCUT2D eigenvalue weighted by Gasteiger charge is 2.03. The van der Waals surface area contributed by atoms with Crippen molar-refractivity contribution in [3.63, 3.8) is 0 Å². The van der Waals surface area contributed by atoms with Crippen molar-refractivity contribution in [1.82, 2.24) is 14.8 Å². The van der Waals surface area contributed by atoms with Gasteiger partial charge in [-0.05, 0) is 23.8 Å². The van der Waals surface area contributed by atoms with E-state index in [9.17, 15) is 5.26 Å². The van der Waals surface area contributed by atoms with E-state index in [4.69, 9.17) is 0 Å². The van der Waals surface area contributed by atoms with E-state index in [0.29, 0.717) is 17.8 Å². The van der Waals surface area contributed by atoms with Crippen LogP contribution in [0.15, 0.2) is 67.1 Å². The lowest BCUT2D eigenvalue weighted by Gasteiger charge is -2.00. The van der Waals surface area contributed by atoms with Gasteiger partial charge in [0.05, 0.1) is 24.0 Å². The highest BCUT2D eigenvalue weighted by Crippen LogP contribution is 2.15. The van der Waals surface area contributed by atoms with Crippen LogP contribution in [0.25, 0.3) is 11.6 Å². The summed E-state index contributed by atoms with van der Waals surface area (Å²) < 4.78 is 1.86. The summed E-state index contributed by atoms with van der Waals surface area (Å²) in [6.07, 6.45) is 7.16. The van der Waals surface area contributed by atoms with Gasteiger partial charge >= 0.3 is 0 Å². The van der Waals surface area contributed by atoms with E-state index in [2.05, 4.69) is 28.3 Å². The topological polar surface area (TPSA) is 54.5 Å². The Balaban J connectivity index is 1.82. The summed E-state index contributed by atoms with van der Waals surface area (Å²) >= 11 is 0. The van der Waals surface area contributed by atoms with E-state index in [-0.39, 0.29) is 0 Å². The molecule has 3 rings (SSSR count). The van der Waals surface area contributed by atoms with Crippen molar-refractivity contribution in [2.24, 2.45) is 0 Å². The van der Waals surface area contributed by atoms with E-state index in [1.165, 1.54) is 5.56 Å². The Hall–Kier alpha value is -3.19. The van der Waals surface area contributed by atoms with Gasteiger partial charge in [0.2, 0.25) is 0 Å². The standard InChI is InChI=1S/C18H14N4/c19-11-17(18-8-4-5-9-20-18)10-16-12-21-22(14-16)13-15-6-2-1-3-7-15/h1-10,12,14H,13H2. The minimum atomic E-state index is 0.528. The van der Waals surface area contributed by atoms with Crippen LogP contribution in [0.4, 0.5) is 0 Å². The van der Waals surface area contributed by atoms with Crippen molar-refractivity contribution in [2.45, 2.75) is 6.54 Å². The third kappa shape index (κ3) is 3.28. The second-order valence-electron chi connectivity index (χ2n) is 4.84. The predicted octanol–water partition coefficient (Wildman–Crippen LogP) is 3.39. The zero-order chi connectivity index (χ0) is 15.2. The first kappa shape index (κ1) is 13.8. The maximum Gasteiger partial charge on any atom is 0.101 e. The van der Waals surface area contributed by atoms with Crippen molar-refractivity contribution in [1.29, 1.82) is 5.26 Å². The van der Waals surface area contributed by atoms with Gasteiger partial charge in [0, 0.05) is 18.0 Å². The van der Waals surface area contributed by atoms with Crippen molar-refractivity contribution < 1.29 is 0 Å². The van der Waals surface area contributed by atoms with Gasteiger partial charge in [-0.25, -0.2) is 0 Å². The first-order valence-corrected chi connectivity index (χ1v) is 6.95. The average Bonchev–Trinajstić information content (AvgIpc) is 3.01. The van der Waals surface area contributed by atoms with E-state index >= 15 is 0 Å². The summed E-state index contributed by atoms with van der Waals surface area (Å²) in [5.74, 6) is 0. The molecule has 0 atom stereocenters. The van der Waals surface area contributed by atoms with Gasteiger partial charge in [-0.3, -0.25) is 9.67 Å². The highest BCUT2D eigenvalue weighted by atomic mass is 15.3. The number of aromatic nitrogens is 3. The van der Waals surface area contributed by atoms with Crippen LogP contribution in [-0.4, -0.2) is 14.8 Å². The molecule has 0 unspecified atom stereocenters. The molecule has 106 valence electrons. The minimum absolute atomic E-state index is 0.528. The molecule has 0 fully saturated rings. The largest absolute Gasteiger partial charge is 0.268 e.